The second-order valence-electron chi connectivity index (χ2n) is 2.74. The van der Waals surface area contributed by atoms with Crippen molar-refractivity contribution >= 4 is 9.84 Å². The molecular formula is C9H14O2S. The fourth-order valence-electron chi connectivity index (χ4n) is 0.661. The van der Waals surface area contributed by atoms with Gasteiger partial charge in [0, 0.05) is 6.26 Å². The molecular weight excluding hydrogens is 172 g/mol. The monoisotopic (exact) mass is 186 g/mol. The predicted octanol–water partition coefficient (Wildman–Crippen LogP) is 2.07. The molecule has 0 N–H and O–H groups in total. The highest BCUT2D eigenvalue weighted by atomic mass is 32.2. The van der Waals surface area contributed by atoms with Gasteiger partial charge in [0.1, 0.15) is 0 Å². The van der Waals surface area contributed by atoms with Crippen LogP contribution in [0.5, 0.6) is 0 Å². The fraction of sp³-hybridized carbons (Fsp3) is 0.333. The summed E-state index contributed by atoms with van der Waals surface area (Å²) in [5.74, 6) is 0. The Morgan fingerprint density at radius 3 is 2.25 bits per heavy atom. The van der Waals surface area contributed by atoms with E-state index in [1.165, 1.54) is 12.3 Å². The zero-order valence-electron chi connectivity index (χ0n) is 7.50. The van der Waals surface area contributed by atoms with Crippen molar-refractivity contribution in [1.82, 2.24) is 0 Å². The Morgan fingerprint density at radius 1 is 1.50 bits per heavy atom. The van der Waals surface area contributed by atoms with Gasteiger partial charge in [-0.2, -0.15) is 0 Å². The van der Waals surface area contributed by atoms with Crippen LogP contribution in [-0.4, -0.2) is 14.7 Å². The Balaban J connectivity index is 4.69. The quantitative estimate of drug-likeness (QED) is 0.497. The summed E-state index contributed by atoms with van der Waals surface area (Å²) in [7, 11) is -3.11. The molecule has 0 amide bonds. The van der Waals surface area contributed by atoms with Crippen molar-refractivity contribution in [2.75, 3.05) is 6.26 Å². The van der Waals surface area contributed by atoms with E-state index in [1.807, 2.05) is 6.92 Å². The van der Waals surface area contributed by atoms with Crippen LogP contribution in [0.25, 0.3) is 0 Å². The van der Waals surface area contributed by atoms with Crippen molar-refractivity contribution < 1.29 is 8.42 Å². The maximum absolute atomic E-state index is 11.0. The third-order valence-electron chi connectivity index (χ3n) is 1.28. The minimum atomic E-state index is -3.11. The van der Waals surface area contributed by atoms with Gasteiger partial charge >= 0.3 is 0 Å². The van der Waals surface area contributed by atoms with Gasteiger partial charge in [-0.15, -0.1) is 0 Å². The second-order valence-corrected chi connectivity index (χ2v) is 4.76. The van der Waals surface area contributed by atoms with Crippen LogP contribution in [0, 0.1) is 0 Å². The van der Waals surface area contributed by atoms with E-state index in [0.29, 0.717) is 6.42 Å². The molecule has 3 heteroatoms. The number of sulfone groups is 1. The molecule has 0 spiro atoms. The maximum atomic E-state index is 11.0. The number of allylic oxidation sites excluding steroid dienone is 3. The summed E-state index contributed by atoms with van der Waals surface area (Å²) in [6.07, 6.45) is 4.70. The highest BCUT2D eigenvalue weighted by Crippen LogP contribution is 2.09. The molecule has 12 heavy (non-hydrogen) atoms. The minimum Gasteiger partial charge on any atom is -0.224 e. The van der Waals surface area contributed by atoms with E-state index in [9.17, 15) is 8.42 Å². The van der Waals surface area contributed by atoms with Crippen molar-refractivity contribution in [3.05, 3.63) is 35.8 Å². The third-order valence-corrected chi connectivity index (χ3v) is 2.47. The SMILES string of the molecule is C=C/C(=C\CC(=C)C)S(C)(=O)=O. The van der Waals surface area contributed by atoms with Gasteiger partial charge < -0.3 is 0 Å². The normalized spacial score (nSPS) is 12.7. The summed E-state index contributed by atoms with van der Waals surface area (Å²) in [4.78, 5) is 0.269. The van der Waals surface area contributed by atoms with E-state index in [1.54, 1.807) is 6.08 Å². The van der Waals surface area contributed by atoms with Crippen LogP contribution >= 0.6 is 0 Å². The van der Waals surface area contributed by atoms with E-state index in [0.717, 1.165) is 5.57 Å². The number of rotatable bonds is 4. The lowest BCUT2D eigenvalue weighted by atomic mass is 10.2. The molecule has 0 bridgehead atoms. The maximum Gasteiger partial charge on any atom is 0.175 e. The van der Waals surface area contributed by atoms with Gasteiger partial charge in [0.25, 0.3) is 0 Å². The van der Waals surface area contributed by atoms with Crippen LogP contribution in [0.1, 0.15) is 13.3 Å². The lowest BCUT2D eigenvalue weighted by Crippen LogP contribution is -1.97. The molecule has 0 aliphatic heterocycles. The molecule has 0 radical (unpaired) electrons. The van der Waals surface area contributed by atoms with Crippen molar-refractivity contribution in [3.63, 3.8) is 0 Å². The van der Waals surface area contributed by atoms with Crippen LogP contribution in [0.3, 0.4) is 0 Å². The van der Waals surface area contributed by atoms with Gasteiger partial charge in [0.2, 0.25) is 0 Å². The molecule has 0 unspecified atom stereocenters. The standard InChI is InChI=1S/C9H14O2S/c1-5-9(12(4,10)11)7-6-8(2)3/h5,7H,1-2,6H2,3-4H3/b9-7+. The van der Waals surface area contributed by atoms with Crippen LogP contribution in [0.2, 0.25) is 0 Å². The lowest BCUT2D eigenvalue weighted by Gasteiger charge is -1.97. The first-order valence-corrected chi connectivity index (χ1v) is 5.44. The van der Waals surface area contributed by atoms with Crippen molar-refractivity contribution in [3.8, 4) is 0 Å². The third kappa shape index (κ3) is 4.13. The van der Waals surface area contributed by atoms with Gasteiger partial charge in [-0.3, -0.25) is 0 Å². The van der Waals surface area contributed by atoms with E-state index in [4.69, 9.17) is 0 Å². The first-order valence-electron chi connectivity index (χ1n) is 3.55. The Kier molecular flexibility index (Phi) is 3.96. The van der Waals surface area contributed by atoms with E-state index in [2.05, 4.69) is 13.2 Å². The molecule has 0 atom stereocenters. The summed E-state index contributed by atoms with van der Waals surface area (Å²) in [6, 6.07) is 0. The van der Waals surface area contributed by atoms with Crippen molar-refractivity contribution in [2.24, 2.45) is 0 Å². The number of hydrogen-bond acceptors (Lipinski definition) is 2. The highest BCUT2D eigenvalue weighted by molar-refractivity contribution is 7.94. The molecule has 0 aliphatic carbocycles. The van der Waals surface area contributed by atoms with Crippen LogP contribution in [0.15, 0.2) is 35.8 Å². The van der Waals surface area contributed by atoms with Crippen LogP contribution in [-0.2, 0) is 9.84 Å². The first-order chi connectivity index (χ1) is 5.38. The average molecular weight is 186 g/mol. The molecule has 0 aromatic rings. The van der Waals surface area contributed by atoms with Gasteiger partial charge in [-0.1, -0.05) is 30.9 Å². The summed E-state index contributed by atoms with van der Waals surface area (Å²) >= 11 is 0. The Labute approximate surface area is 74.2 Å². The molecule has 68 valence electrons. The van der Waals surface area contributed by atoms with Gasteiger partial charge in [0.05, 0.1) is 4.91 Å². The Hall–Kier alpha value is -0.830. The van der Waals surface area contributed by atoms with Crippen molar-refractivity contribution in [1.29, 1.82) is 0 Å². The van der Waals surface area contributed by atoms with Crippen LogP contribution < -0.4 is 0 Å². The van der Waals surface area contributed by atoms with Gasteiger partial charge in [-0.25, -0.2) is 8.42 Å². The highest BCUT2D eigenvalue weighted by Gasteiger charge is 2.05. The van der Waals surface area contributed by atoms with E-state index in [-0.39, 0.29) is 4.91 Å². The van der Waals surface area contributed by atoms with E-state index < -0.39 is 9.84 Å². The minimum absolute atomic E-state index is 0.269. The van der Waals surface area contributed by atoms with Gasteiger partial charge in [-0.05, 0) is 13.3 Å². The molecule has 0 saturated carbocycles. The lowest BCUT2D eigenvalue weighted by molar-refractivity contribution is 0.608. The Morgan fingerprint density at radius 2 is 2.00 bits per heavy atom. The first kappa shape index (κ1) is 11.2. The molecule has 0 saturated heterocycles. The molecule has 0 rings (SSSR count). The predicted molar refractivity (Wildman–Crippen MR) is 52.6 cm³/mol. The second kappa shape index (κ2) is 4.26. The summed E-state index contributed by atoms with van der Waals surface area (Å²) < 4.78 is 22.0. The molecule has 0 aromatic heterocycles. The zero-order chi connectivity index (χ0) is 9.78. The summed E-state index contributed by atoms with van der Waals surface area (Å²) in [5.41, 5.74) is 0.929. The molecule has 0 aliphatic rings. The summed E-state index contributed by atoms with van der Waals surface area (Å²) in [6.45, 7) is 8.94. The average Bonchev–Trinajstić information content (AvgIpc) is 1.85. The van der Waals surface area contributed by atoms with Crippen molar-refractivity contribution in [2.45, 2.75) is 13.3 Å². The largest absolute Gasteiger partial charge is 0.224 e. The van der Waals surface area contributed by atoms with Gasteiger partial charge in [0.15, 0.2) is 9.84 Å². The smallest absolute Gasteiger partial charge is 0.175 e. The molecule has 0 heterocycles. The summed E-state index contributed by atoms with van der Waals surface area (Å²) in [5, 5.41) is 0. The van der Waals surface area contributed by atoms with Crippen LogP contribution in [0.4, 0.5) is 0 Å². The van der Waals surface area contributed by atoms with E-state index >= 15 is 0 Å². The fourth-order valence-corrected chi connectivity index (χ4v) is 1.35. The zero-order valence-corrected chi connectivity index (χ0v) is 8.32. The molecule has 2 nitrogen and oxygen atoms in total. The Bertz CT molecular complexity index is 307. The number of hydrogen-bond donors (Lipinski definition) is 0. The topological polar surface area (TPSA) is 34.1 Å². The molecule has 0 fully saturated rings. The molecule has 0 aromatic carbocycles.